The molecule has 2 atom stereocenters. The van der Waals surface area contributed by atoms with Gasteiger partial charge in [0.15, 0.2) is 0 Å². The number of hydrogen-bond donors (Lipinski definition) is 2. The molecular formula is C12H17NO2. The van der Waals surface area contributed by atoms with E-state index in [9.17, 15) is 4.79 Å². The van der Waals surface area contributed by atoms with Crippen molar-refractivity contribution in [3.05, 3.63) is 35.9 Å². The van der Waals surface area contributed by atoms with Gasteiger partial charge in [-0.2, -0.15) is 0 Å². The summed E-state index contributed by atoms with van der Waals surface area (Å²) in [6.45, 7) is 1.97. The average molecular weight is 207 g/mol. The highest BCUT2D eigenvalue weighted by atomic mass is 16.4. The van der Waals surface area contributed by atoms with Gasteiger partial charge in [0.2, 0.25) is 0 Å². The molecule has 0 amide bonds. The third-order valence-corrected chi connectivity index (χ3v) is 2.66. The Hall–Kier alpha value is -1.35. The summed E-state index contributed by atoms with van der Waals surface area (Å²) >= 11 is 0. The lowest BCUT2D eigenvalue weighted by molar-refractivity contribution is -0.139. The molecule has 0 aliphatic heterocycles. The normalized spacial score (nSPS) is 14.5. The summed E-state index contributed by atoms with van der Waals surface area (Å²) in [6, 6.07) is 9.08. The Balaban J connectivity index is 2.66. The Morgan fingerprint density at radius 3 is 2.47 bits per heavy atom. The van der Waals surface area contributed by atoms with Crippen molar-refractivity contribution in [1.29, 1.82) is 0 Å². The van der Waals surface area contributed by atoms with Crippen molar-refractivity contribution >= 4 is 5.97 Å². The molecule has 15 heavy (non-hydrogen) atoms. The van der Waals surface area contributed by atoms with E-state index in [4.69, 9.17) is 10.8 Å². The van der Waals surface area contributed by atoms with E-state index in [1.165, 1.54) is 0 Å². The van der Waals surface area contributed by atoms with Gasteiger partial charge in [0.25, 0.3) is 0 Å². The van der Waals surface area contributed by atoms with Crippen LogP contribution in [0.3, 0.4) is 0 Å². The second-order valence-corrected chi connectivity index (χ2v) is 3.72. The van der Waals surface area contributed by atoms with E-state index >= 15 is 0 Å². The monoisotopic (exact) mass is 207 g/mol. The summed E-state index contributed by atoms with van der Waals surface area (Å²) in [6.07, 6.45) is 1.51. The minimum atomic E-state index is -0.919. The number of carboxylic acids is 1. The third kappa shape index (κ3) is 3.36. The van der Waals surface area contributed by atoms with Crippen LogP contribution in [-0.4, -0.2) is 17.1 Å². The molecule has 0 saturated heterocycles. The predicted octanol–water partition coefficient (Wildman–Crippen LogP) is 1.67. The first-order valence-corrected chi connectivity index (χ1v) is 5.17. The zero-order valence-corrected chi connectivity index (χ0v) is 8.89. The molecule has 0 aliphatic carbocycles. The van der Waals surface area contributed by atoms with E-state index in [2.05, 4.69) is 0 Å². The summed E-state index contributed by atoms with van der Waals surface area (Å²) in [5.41, 5.74) is 6.76. The first kappa shape index (κ1) is 11.7. The van der Waals surface area contributed by atoms with E-state index in [0.29, 0.717) is 0 Å². The van der Waals surface area contributed by atoms with Gasteiger partial charge < -0.3 is 10.8 Å². The molecule has 0 aromatic heterocycles. The van der Waals surface area contributed by atoms with Gasteiger partial charge >= 0.3 is 5.97 Å². The molecule has 82 valence electrons. The Morgan fingerprint density at radius 1 is 1.40 bits per heavy atom. The van der Waals surface area contributed by atoms with E-state index in [1.54, 1.807) is 0 Å². The maximum atomic E-state index is 10.8. The summed E-state index contributed by atoms with van der Waals surface area (Å²) in [5, 5.41) is 8.84. The number of carbonyl (C=O) groups is 1. The van der Waals surface area contributed by atoms with Crippen molar-refractivity contribution < 1.29 is 9.90 Å². The number of carboxylic acid groups (broad SMARTS) is 1. The second kappa shape index (κ2) is 5.51. The number of benzene rings is 1. The van der Waals surface area contributed by atoms with Crippen LogP contribution >= 0.6 is 0 Å². The van der Waals surface area contributed by atoms with Crippen molar-refractivity contribution in [2.45, 2.75) is 25.8 Å². The molecule has 3 heteroatoms. The summed E-state index contributed by atoms with van der Waals surface area (Å²) < 4.78 is 0. The molecule has 0 aliphatic rings. The van der Waals surface area contributed by atoms with Crippen LogP contribution in [0.2, 0.25) is 0 Å². The van der Waals surface area contributed by atoms with Gasteiger partial charge in [0.05, 0.1) is 0 Å². The molecule has 0 fully saturated rings. The minimum Gasteiger partial charge on any atom is -0.480 e. The lowest BCUT2D eigenvalue weighted by Gasteiger charge is -2.18. The van der Waals surface area contributed by atoms with Gasteiger partial charge in [0, 0.05) is 0 Å². The number of hydrogen-bond acceptors (Lipinski definition) is 2. The molecule has 3 N–H and O–H groups in total. The zero-order chi connectivity index (χ0) is 11.3. The molecule has 0 spiro atoms. The van der Waals surface area contributed by atoms with Crippen LogP contribution < -0.4 is 5.73 Å². The smallest absolute Gasteiger partial charge is 0.320 e. The fraction of sp³-hybridized carbons (Fsp3) is 0.417. The number of nitrogens with two attached hydrogens (primary N) is 1. The minimum absolute atomic E-state index is 0.00454. The molecule has 0 heterocycles. The maximum absolute atomic E-state index is 10.8. The summed E-state index contributed by atoms with van der Waals surface area (Å²) in [5.74, 6) is -0.914. The van der Waals surface area contributed by atoms with Crippen LogP contribution in [0.15, 0.2) is 30.3 Å². The Kier molecular flexibility index (Phi) is 4.31. The van der Waals surface area contributed by atoms with Crippen molar-refractivity contribution in [3.63, 3.8) is 0 Å². The van der Waals surface area contributed by atoms with Crippen LogP contribution in [0.25, 0.3) is 0 Å². The molecule has 0 bridgehead atoms. The van der Waals surface area contributed by atoms with Gasteiger partial charge in [-0.25, -0.2) is 0 Å². The van der Waals surface area contributed by atoms with Gasteiger partial charge in [-0.15, -0.1) is 0 Å². The van der Waals surface area contributed by atoms with Crippen molar-refractivity contribution in [3.8, 4) is 0 Å². The molecular weight excluding hydrogens is 190 g/mol. The topological polar surface area (TPSA) is 63.3 Å². The molecule has 1 aromatic carbocycles. The van der Waals surface area contributed by atoms with Crippen LogP contribution in [0.4, 0.5) is 0 Å². The summed E-state index contributed by atoms with van der Waals surface area (Å²) in [4.78, 5) is 10.8. The molecule has 0 saturated carbocycles. The zero-order valence-electron chi connectivity index (χ0n) is 8.89. The first-order chi connectivity index (χ1) is 7.15. The van der Waals surface area contributed by atoms with Crippen LogP contribution in [0.1, 0.15) is 18.9 Å². The lowest BCUT2D eigenvalue weighted by Crippen LogP contribution is -2.38. The molecule has 3 nitrogen and oxygen atoms in total. The molecule has 1 aromatic rings. The van der Waals surface area contributed by atoms with Gasteiger partial charge in [-0.05, 0) is 17.9 Å². The van der Waals surface area contributed by atoms with Crippen LogP contribution in [0, 0.1) is 5.92 Å². The standard InChI is InChI=1S/C12H17NO2/c1-2-10(11(13)12(14)15)8-9-6-4-3-5-7-9/h3-7,10-11H,2,8,13H2,1H3,(H,14,15). The second-order valence-electron chi connectivity index (χ2n) is 3.72. The van der Waals surface area contributed by atoms with Crippen LogP contribution in [0.5, 0.6) is 0 Å². The number of aliphatic carboxylic acids is 1. The van der Waals surface area contributed by atoms with Gasteiger partial charge in [0.1, 0.15) is 6.04 Å². The van der Waals surface area contributed by atoms with Gasteiger partial charge in [-0.3, -0.25) is 4.79 Å². The molecule has 2 unspecified atom stereocenters. The average Bonchev–Trinajstić information content (AvgIpc) is 2.26. The highest BCUT2D eigenvalue weighted by molar-refractivity contribution is 5.73. The summed E-state index contributed by atoms with van der Waals surface area (Å²) in [7, 11) is 0. The fourth-order valence-electron chi connectivity index (χ4n) is 1.64. The Morgan fingerprint density at radius 2 is 2.00 bits per heavy atom. The third-order valence-electron chi connectivity index (χ3n) is 2.66. The lowest BCUT2D eigenvalue weighted by atomic mass is 9.90. The van der Waals surface area contributed by atoms with Crippen molar-refractivity contribution in [2.75, 3.05) is 0 Å². The Labute approximate surface area is 89.9 Å². The molecule has 0 radical (unpaired) electrons. The SMILES string of the molecule is CCC(Cc1ccccc1)C(N)C(=O)O. The quantitative estimate of drug-likeness (QED) is 0.772. The highest BCUT2D eigenvalue weighted by Crippen LogP contribution is 2.15. The van der Waals surface area contributed by atoms with Crippen molar-refractivity contribution in [1.82, 2.24) is 0 Å². The van der Waals surface area contributed by atoms with Gasteiger partial charge in [-0.1, -0.05) is 43.7 Å². The van der Waals surface area contributed by atoms with Crippen LogP contribution in [-0.2, 0) is 11.2 Å². The number of rotatable bonds is 5. The van der Waals surface area contributed by atoms with E-state index in [0.717, 1.165) is 18.4 Å². The predicted molar refractivity (Wildman–Crippen MR) is 59.5 cm³/mol. The van der Waals surface area contributed by atoms with E-state index in [-0.39, 0.29) is 5.92 Å². The van der Waals surface area contributed by atoms with E-state index < -0.39 is 12.0 Å². The fourth-order valence-corrected chi connectivity index (χ4v) is 1.64. The Bertz CT molecular complexity index is 311. The van der Waals surface area contributed by atoms with Crippen molar-refractivity contribution in [2.24, 2.45) is 11.7 Å². The first-order valence-electron chi connectivity index (χ1n) is 5.17. The molecule has 1 rings (SSSR count). The largest absolute Gasteiger partial charge is 0.480 e. The highest BCUT2D eigenvalue weighted by Gasteiger charge is 2.22. The van der Waals surface area contributed by atoms with E-state index in [1.807, 2.05) is 37.3 Å². The maximum Gasteiger partial charge on any atom is 0.320 e.